The molecule has 30 heavy (non-hydrogen) atoms. The number of benzene rings is 2. The molecule has 158 valence electrons. The Morgan fingerprint density at radius 1 is 1.17 bits per heavy atom. The molecule has 3 aromatic rings. The highest BCUT2D eigenvalue weighted by molar-refractivity contribution is 7.99. The average Bonchev–Trinajstić information content (AvgIpc) is 3.15. The van der Waals surface area contributed by atoms with Crippen molar-refractivity contribution < 1.29 is 14.3 Å². The summed E-state index contributed by atoms with van der Waals surface area (Å²) in [7, 11) is 3.39. The summed E-state index contributed by atoms with van der Waals surface area (Å²) in [4.78, 5) is 14.3. The number of amides is 1. The first-order chi connectivity index (χ1) is 14.5. The molecule has 9 heteroatoms. The van der Waals surface area contributed by atoms with Crippen LogP contribution >= 0.6 is 11.8 Å². The molecule has 1 aromatic heterocycles. The van der Waals surface area contributed by atoms with E-state index in [4.69, 9.17) is 15.3 Å². The Balaban J connectivity index is 1.55. The number of methoxy groups -OCH3 is 1. The number of carbonyl (C=O) groups is 1. The summed E-state index contributed by atoms with van der Waals surface area (Å²) in [5.74, 6) is 8.06. The van der Waals surface area contributed by atoms with Gasteiger partial charge in [0.15, 0.2) is 5.82 Å². The maximum atomic E-state index is 12.6. The van der Waals surface area contributed by atoms with E-state index in [2.05, 4.69) is 10.2 Å². The SMILES string of the molecule is COc1cccc(OCc2nnc(SCC(=O)N(C)C(C)c3ccccc3)n2N)c1. The fourth-order valence-electron chi connectivity index (χ4n) is 2.74. The fourth-order valence-corrected chi connectivity index (χ4v) is 3.54. The molecule has 0 fully saturated rings. The number of nitrogens with two attached hydrogens (primary N) is 1. The first-order valence-electron chi connectivity index (χ1n) is 9.39. The van der Waals surface area contributed by atoms with E-state index in [0.29, 0.717) is 22.5 Å². The highest BCUT2D eigenvalue weighted by Crippen LogP contribution is 2.22. The summed E-state index contributed by atoms with van der Waals surface area (Å²) in [6.45, 7) is 2.15. The Bertz CT molecular complexity index is 980. The van der Waals surface area contributed by atoms with Crippen LogP contribution in [0.4, 0.5) is 0 Å². The number of thioether (sulfide) groups is 1. The van der Waals surface area contributed by atoms with Gasteiger partial charge >= 0.3 is 0 Å². The van der Waals surface area contributed by atoms with Crippen LogP contribution in [0.2, 0.25) is 0 Å². The monoisotopic (exact) mass is 427 g/mol. The van der Waals surface area contributed by atoms with Gasteiger partial charge in [0.2, 0.25) is 11.1 Å². The lowest BCUT2D eigenvalue weighted by molar-refractivity contribution is -0.128. The third-order valence-electron chi connectivity index (χ3n) is 4.73. The zero-order chi connectivity index (χ0) is 21.5. The van der Waals surface area contributed by atoms with E-state index in [-0.39, 0.29) is 24.3 Å². The molecule has 1 amide bonds. The maximum absolute atomic E-state index is 12.6. The summed E-state index contributed by atoms with van der Waals surface area (Å²) < 4.78 is 12.2. The molecule has 2 aromatic carbocycles. The zero-order valence-corrected chi connectivity index (χ0v) is 18.0. The third kappa shape index (κ3) is 5.24. The third-order valence-corrected chi connectivity index (χ3v) is 5.65. The first-order valence-corrected chi connectivity index (χ1v) is 10.4. The fraction of sp³-hybridized carbons (Fsp3) is 0.286. The highest BCUT2D eigenvalue weighted by atomic mass is 32.2. The van der Waals surface area contributed by atoms with Crippen molar-refractivity contribution in [1.82, 2.24) is 19.8 Å². The van der Waals surface area contributed by atoms with Crippen LogP contribution < -0.4 is 15.3 Å². The molecule has 1 atom stereocenters. The van der Waals surface area contributed by atoms with Crippen LogP contribution in [0.3, 0.4) is 0 Å². The van der Waals surface area contributed by atoms with Crippen LogP contribution in [-0.4, -0.2) is 45.6 Å². The van der Waals surface area contributed by atoms with Crippen molar-refractivity contribution in [2.75, 3.05) is 25.8 Å². The number of rotatable bonds is 9. The lowest BCUT2D eigenvalue weighted by Gasteiger charge is -2.25. The van der Waals surface area contributed by atoms with Gasteiger partial charge in [-0.3, -0.25) is 4.79 Å². The van der Waals surface area contributed by atoms with Gasteiger partial charge in [0.1, 0.15) is 18.1 Å². The Kier molecular flexibility index (Phi) is 7.18. The van der Waals surface area contributed by atoms with Crippen molar-refractivity contribution in [2.45, 2.75) is 24.7 Å². The standard InChI is InChI=1S/C21H25N5O3S/c1-15(16-8-5-4-6-9-16)25(2)20(27)14-30-21-24-23-19(26(21)22)13-29-18-11-7-10-17(12-18)28-3/h4-12,15H,13-14,22H2,1-3H3. The van der Waals surface area contributed by atoms with Gasteiger partial charge in [-0.05, 0) is 24.6 Å². The van der Waals surface area contributed by atoms with Crippen LogP contribution in [0.15, 0.2) is 59.8 Å². The number of hydrogen-bond donors (Lipinski definition) is 1. The van der Waals surface area contributed by atoms with Crippen molar-refractivity contribution in [1.29, 1.82) is 0 Å². The molecule has 0 saturated heterocycles. The van der Waals surface area contributed by atoms with Gasteiger partial charge in [-0.25, -0.2) is 4.68 Å². The van der Waals surface area contributed by atoms with E-state index in [9.17, 15) is 4.79 Å². The van der Waals surface area contributed by atoms with Gasteiger partial charge in [-0.1, -0.05) is 48.2 Å². The predicted molar refractivity (Wildman–Crippen MR) is 116 cm³/mol. The van der Waals surface area contributed by atoms with E-state index >= 15 is 0 Å². The minimum Gasteiger partial charge on any atom is -0.497 e. The predicted octanol–water partition coefficient (Wildman–Crippen LogP) is 2.89. The first kappa shape index (κ1) is 21.5. The summed E-state index contributed by atoms with van der Waals surface area (Å²) in [6, 6.07) is 17.1. The second kappa shape index (κ2) is 10.0. The molecule has 0 radical (unpaired) electrons. The second-order valence-electron chi connectivity index (χ2n) is 6.62. The normalized spacial score (nSPS) is 11.7. The maximum Gasteiger partial charge on any atom is 0.233 e. The molecule has 0 bridgehead atoms. The molecule has 0 aliphatic heterocycles. The summed E-state index contributed by atoms with van der Waals surface area (Å²) >= 11 is 1.24. The smallest absolute Gasteiger partial charge is 0.233 e. The van der Waals surface area contributed by atoms with Crippen molar-refractivity contribution in [3.05, 3.63) is 66.0 Å². The molecule has 0 aliphatic carbocycles. The molecule has 0 saturated carbocycles. The molecule has 3 rings (SSSR count). The Hall–Kier alpha value is -3.20. The van der Waals surface area contributed by atoms with E-state index in [0.717, 1.165) is 5.56 Å². The largest absolute Gasteiger partial charge is 0.497 e. The lowest BCUT2D eigenvalue weighted by Crippen LogP contribution is -2.31. The van der Waals surface area contributed by atoms with Crippen LogP contribution in [0.1, 0.15) is 24.4 Å². The number of aromatic nitrogens is 3. The van der Waals surface area contributed by atoms with Gasteiger partial charge < -0.3 is 20.2 Å². The summed E-state index contributed by atoms with van der Waals surface area (Å²) in [6.07, 6.45) is 0. The molecule has 8 nitrogen and oxygen atoms in total. The van der Waals surface area contributed by atoms with Gasteiger partial charge in [0.25, 0.3) is 0 Å². The molecule has 2 N–H and O–H groups in total. The Labute approximate surface area is 180 Å². The highest BCUT2D eigenvalue weighted by Gasteiger charge is 2.19. The van der Waals surface area contributed by atoms with E-state index < -0.39 is 0 Å². The van der Waals surface area contributed by atoms with Crippen LogP contribution in [0.25, 0.3) is 0 Å². The van der Waals surface area contributed by atoms with Crippen molar-refractivity contribution >= 4 is 17.7 Å². The second-order valence-corrected chi connectivity index (χ2v) is 7.56. The van der Waals surface area contributed by atoms with Crippen molar-refractivity contribution in [2.24, 2.45) is 0 Å². The van der Waals surface area contributed by atoms with Gasteiger partial charge in [-0.2, -0.15) is 0 Å². The number of nitrogens with zero attached hydrogens (tertiary/aromatic N) is 4. The topological polar surface area (TPSA) is 95.5 Å². The Morgan fingerprint density at radius 2 is 1.90 bits per heavy atom. The molecular formula is C21H25N5O3S. The van der Waals surface area contributed by atoms with Crippen LogP contribution in [0, 0.1) is 0 Å². The molecular weight excluding hydrogens is 402 g/mol. The van der Waals surface area contributed by atoms with Gasteiger partial charge in [0, 0.05) is 13.1 Å². The summed E-state index contributed by atoms with van der Waals surface area (Å²) in [5.41, 5.74) is 1.08. The molecule has 1 unspecified atom stereocenters. The van der Waals surface area contributed by atoms with Gasteiger partial charge in [0.05, 0.1) is 18.9 Å². The lowest BCUT2D eigenvalue weighted by atomic mass is 10.1. The van der Waals surface area contributed by atoms with Crippen LogP contribution in [0.5, 0.6) is 11.5 Å². The Morgan fingerprint density at radius 3 is 2.63 bits per heavy atom. The minimum absolute atomic E-state index is 0.0199. The average molecular weight is 428 g/mol. The number of nitrogen functional groups attached to an aromatic ring is 1. The van der Waals surface area contributed by atoms with Crippen molar-refractivity contribution in [3.8, 4) is 11.5 Å². The van der Waals surface area contributed by atoms with Crippen LogP contribution in [-0.2, 0) is 11.4 Å². The van der Waals surface area contributed by atoms with E-state index in [1.54, 1.807) is 25.1 Å². The zero-order valence-electron chi connectivity index (χ0n) is 17.2. The van der Waals surface area contributed by atoms with E-state index in [1.807, 2.05) is 55.5 Å². The van der Waals surface area contributed by atoms with Gasteiger partial charge in [-0.15, -0.1) is 10.2 Å². The minimum atomic E-state index is -0.0260. The molecule has 0 spiro atoms. The quantitative estimate of drug-likeness (QED) is 0.414. The number of hydrogen-bond acceptors (Lipinski definition) is 7. The summed E-state index contributed by atoms with van der Waals surface area (Å²) in [5, 5.41) is 8.59. The molecule has 1 heterocycles. The van der Waals surface area contributed by atoms with Crippen molar-refractivity contribution in [3.63, 3.8) is 0 Å². The molecule has 0 aliphatic rings. The van der Waals surface area contributed by atoms with E-state index in [1.165, 1.54) is 16.4 Å². The number of carbonyl (C=O) groups excluding carboxylic acids is 1. The number of ether oxygens (including phenoxy) is 2.